The maximum Gasteiger partial charge on any atom is 0.180 e. The van der Waals surface area contributed by atoms with Crippen molar-refractivity contribution >= 4 is 0 Å². The molecule has 2 aromatic heterocycles. The van der Waals surface area contributed by atoms with Crippen LogP contribution in [-0.2, 0) is 0 Å². The normalized spacial score (nSPS) is 10.9. The van der Waals surface area contributed by atoms with Crippen molar-refractivity contribution in [3.05, 3.63) is 29.7 Å². The predicted molar refractivity (Wildman–Crippen MR) is 58.4 cm³/mol. The number of hydrogen-bond donors (Lipinski definition) is 1. The molecule has 0 spiro atoms. The van der Waals surface area contributed by atoms with E-state index in [1.807, 2.05) is 19.1 Å². The summed E-state index contributed by atoms with van der Waals surface area (Å²) in [5.74, 6) is 1.10. The minimum absolute atomic E-state index is 0.407. The van der Waals surface area contributed by atoms with E-state index in [-0.39, 0.29) is 0 Å². The fourth-order valence-electron chi connectivity index (χ4n) is 1.39. The highest BCUT2D eigenvalue weighted by Crippen LogP contribution is 2.17. The van der Waals surface area contributed by atoms with Crippen LogP contribution in [0.2, 0.25) is 0 Å². The molecule has 15 heavy (non-hydrogen) atoms. The van der Waals surface area contributed by atoms with Gasteiger partial charge in [-0.15, -0.1) is 0 Å². The van der Waals surface area contributed by atoms with Gasteiger partial charge in [0.2, 0.25) is 0 Å². The van der Waals surface area contributed by atoms with Crippen LogP contribution in [0, 0.1) is 6.92 Å². The Morgan fingerprint density at radius 1 is 1.27 bits per heavy atom. The highest BCUT2D eigenvalue weighted by atomic mass is 15.1. The quantitative estimate of drug-likeness (QED) is 0.812. The summed E-state index contributed by atoms with van der Waals surface area (Å²) in [6.45, 7) is 6.22. The lowest BCUT2D eigenvalue weighted by molar-refractivity contribution is 0.810. The van der Waals surface area contributed by atoms with E-state index in [1.54, 1.807) is 6.20 Å². The Morgan fingerprint density at radius 2 is 2.07 bits per heavy atom. The monoisotopic (exact) mass is 202 g/mol. The van der Waals surface area contributed by atoms with Gasteiger partial charge in [-0.05, 0) is 25.0 Å². The van der Waals surface area contributed by atoms with Crippen LogP contribution in [-0.4, -0.2) is 20.2 Å². The summed E-state index contributed by atoms with van der Waals surface area (Å²) >= 11 is 0. The van der Waals surface area contributed by atoms with Gasteiger partial charge in [0.05, 0.1) is 0 Å². The highest BCUT2D eigenvalue weighted by Gasteiger charge is 2.08. The number of nitrogens with one attached hydrogen (secondary N) is 1. The number of H-pyrrole nitrogens is 1. The number of aryl methyl sites for hydroxylation is 1. The molecule has 0 saturated heterocycles. The van der Waals surface area contributed by atoms with Crippen LogP contribution in [0.1, 0.15) is 31.2 Å². The van der Waals surface area contributed by atoms with E-state index in [4.69, 9.17) is 0 Å². The topological polar surface area (TPSA) is 54.5 Å². The first-order valence-corrected chi connectivity index (χ1v) is 5.02. The first-order valence-electron chi connectivity index (χ1n) is 5.02. The van der Waals surface area contributed by atoms with E-state index < -0.39 is 0 Å². The molecule has 4 nitrogen and oxygen atoms in total. The molecule has 0 aliphatic rings. The number of rotatable bonds is 2. The molecule has 2 aromatic rings. The summed E-state index contributed by atoms with van der Waals surface area (Å²) in [6.07, 6.45) is 1.77. The molecule has 2 rings (SSSR count). The molecule has 0 aliphatic heterocycles. The Hall–Kier alpha value is -1.71. The van der Waals surface area contributed by atoms with Gasteiger partial charge in [-0.1, -0.05) is 13.8 Å². The van der Waals surface area contributed by atoms with Crippen LogP contribution in [0.4, 0.5) is 0 Å². The molecule has 0 saturated carbocycles. The van der Waals surface area contributed by atoms with Gasteiger partial charge in [-0.25, -0.2) is 9.97 Å². The SMILES string of the molecule is Cc1cc(C(C)C)nc(-c2cc[nH]n2)n1. The third kappa shape index (κ3) is 2.03. The van der Waals surface area contributed by atoms with Gasteiger partial charge in [-0.3, -0.25) is 5.10 Å². The average molecular weight is 202 g/mol. The lowest BCUT2D eigenvalue weighted by Crippen LogP contribution is -1.99. The molecule has 0 atom stereocenters. The molecule has 4 heteroatoms. The largest absolute Gasteiger partial charge is 0.285 e. The molecule has 0 unspecified atom stereocenters. The Kier molecular flexibility index (Phi) is 2.49. The maximum absolute atomic E-state index is 4.48. The van der Waals surface area contributed by atoms with Crippen molar-refractivity contribution in [2.75, 3.05) is 0 Å². The predicted octanol–water partition coefficient (Wildman–Crippen LogP) is 2.30. The number of aromatic nitrogens is 4. The molecule has 0 aliphatic carbocycles. The fourth-order valence-corrected chi connectivity index (χ4v) is 1.39. The van der Waals surface area contributed by atoms with E-state index in [9.17, 15) is 0 Å². The second-order valence-corrected chi connectivity index (χ2v) is 3.87. The Balaban J connectivity index is 2.49. The minimum atomic E-state index is 0.407. The van der Waals surface area contributed by atoms with E-state index in [1.165, 1.54) is 0 Å². The summed E-state index contributed by atoms with van der Waals surface area (Å²) < 4.78 is 0. The molecule has 0 radical (unpaired) electrons. The molecule has 2 heterocycles. The van der Waals surface area contributed by atoms with E-state index in [0.717, 1.165) is 17.1 Å². The van der Waals surface area contributed by atoms with Crippen LogP contribution < -0.4 is 0 Å². The van der Waals surface area contributed by atoms with E-state index >= 15 is 0 Å². The third-order valence-electron chi connectivity index (χ3n) is 2.20. The zero-order valence-electron chi connectivity index (χ0n) is 9.15. The maximum atomic E-state index is 4.48. The summed E-state index contributed by atoms with van der Waals surface area (Å²) in [5, 5.41) is 6.84. The molecule has 0 bridgehead atoms. The van der Waals surface area contributed by atoms with Crippen LogP contribution in [0.5, 0.6) is 0 Å². The van der Waals surface area contributed by atoms with Crippen molar-refractivity contribution in [1.29, 1.82) is 0 Å². The van der Waals surface area contributed by atoms with Crippen LogP contribution in [0.3, 0.4) is 0 Å². The van der Waals surface area contributed by atoms with Gasteiger partial charge < -0.3 is 0 Å². The molecule has 0 fully saturated rings. The van der Waals surface area contributed by atoms with Gasteiger partial charge in [0.25, 0.3) is 0 Å². The number of hydrogen-bond acceptors (Lipinski definition) is 3. The van der Waals surface area contributed by atoms with Gasteiger partial charge in [0.1, 0.15) is 5.69 Å². The van der Waals surface area contributed by atoms with Gasteiger partial charge in [0.15, 0.2) is 5.82 Å². The summed E-state index contributed by atoms with van der Waals surface area (Å²) in [5.41, 5.74) is 2.83. The van der Waals surface area contributed by atoms with Crippen LogP contribution in [0.15, 0.2) is 18.3 Å². The minimum Gasteiger partial charge on any atom is -0.285 e. The zero-order chi connectivity index (χ0) is 10.8. The second kappa shape index (κ2) is 3.81. The molecular weight excluding hydrogens is 188 g/mol. The standard InChI is InChI=1S/C11H14N4/c1-7(2)10-6-8(3)13-11(14-10)9-4-5-12-15-9/h4-7H,1-3H3,(H,12,15). The van der Waals surface area contributed by atoms with Gasteiger partial charge in [0, 0.05) is 17.6 Å². The van der Waals surface area contributed by atoms with Crippen LogP contribution >= 0.6 is 0 Å². The smallest absolute Gasteiger partial charge is 0.180 e. The van der Waals surface area contributed by atoms with Crippen molar-refractivity contribution in [2.45, 2.75) is 26.7 Å². The third-order valence-corrected chi connectivity index (χ3v) is 2.20. The van der Waals surface area contributed by atoms with Crippen molar-refractivity contribution in [1.82, 2.24) is 20.2 Å². The lowest BCUT2D eigenvalue weighted by atomic mass is 10.1. The Bertz CT molecular complexity index is 446. The first kappa shape index (κ1) is 9.83. The zero-order valence-corrected chi connectivity index (χ0v) is 9.15. The van der Waals surface area contributed by atoms with Gasteiger partial charge >= 0.3 is 0 Å². The van der Waals surface area contributed by atoms with Crippen molar-refractivity contribution in [3.8, 4) is 11.5 Å². The first-order chi connectivity index (χ1) is 7.16. The fraction of sp³-hybridized carbons (Fsp3) is 0.364. The van der Waals surface area contributed by atoms with E-state index in [2.05, 4.69) is 34.0 Å². The lowest BCUT2D eigenvalue weighted by Gasteiger charge is -2.06. The van der Waals surface area contributed by atoms with E-state index in [0.29, 0.717) is 11.7 Å². The summed E-state index contributed by atoms with van der Waals surface area (Å²) in [7, 11) is 0. The summed E-state index contributed by atoms with van der Waals surface area (Å²) in [6, 6.07) is 3.89. The Morgan fingerprint density at radius 3 is 2.67 bits per heavy atom. The highest BCUT2D eigenvalue weighted by molar-refractivity contribution is 5.48. The van der Waals surface area contributed by atoms with Crippen LogP contribution in [0.25, 0.3) is 11.5 Å². The Labute approximate surface area is 88.8 Å². The average Bonchev–Trinajstić information content (AvgIpc) is 2.69. The second-order valence-electron chi connectivity index (χ2n) is 3.87. The van der Waals surface area contributed by atoms with Gasteiger partial charge in [-0.2, -0.15) is 5.10 Å². The number of aromatic amines is 1. The van der Waals surface area contributed by atoms with Crippen molar-refractivity contribution < 1.29 is 0 Å². The summed E-state index contributed by atoms with van der Waals surface area (Å²) in [4.78, 5) is 8.85. The molecule has 0 amide bonds. The van der Waals surface area contributed by atoms with Crippen molar-refractivity contribution in [2.24, 2.45) is 0 Å². The molecule has 0 aromatic carbocycles. The number of nitrogens with zero attached hydrogens (tertiary/aromatic N) is 3. The molecule has 1 N–H and O–H groups in total. The molecular formula is C11H14N4. The van der Waals surface area contributed by atoms with Crippen molar-refractivity contribution in [3.63, 3.8) is 0 Å². The molecule has 78 valence electrons.